The second-order valence-electron chi connectivity index (χ2n) is 3.95. The molecule has 0 aromatic carbocycles. The van der Waals surface area contributed by atoms with Gasteiger partial charge in [-0.2, -0.15) is 4.98 Å². The Labute approximate surface area is 113 Å². The third-order valence-electron chi connectivity index (χ3n) is 2.51. The summed E-state index contributed by atoms with van der Waals surface area (Å²) in [5.41, 5.74) is 0.782. The molecule has 18 heavy (non-hydrogen) atoms. The van der Waals surface area contributed by atoms with Crippen molar-refractivity contribution in [1.29, 1.82) is 0 Å². The smallest absolute Gasteiger partial charge is 0.243 e. The summed E-state index contributed by atoms with van der Waals surface area (Å²) < 4.78 is 1.67. The average Bonchev–Trinajstić information content (AvgIpc) is 2.92. The summed E-state index contributed by atoms with van der Waals surface area (Å²) in [6.45, 7) is 2.84. The lowest BCUT2D eigenvalue weighted by Crippen LogP contribution is -1.99. The molecule has 0 atom stereocenters. The maximum atomic E-state index is 5.90. The molecule has 0 saturated heterocycles. The summed E-state index contributed by atoms with van der Waals surface area (Å²) in [7, 11) is 0. The van der Waals surface area contributed by atoms with Crippen molar-refractivity contribution in [2.45, 2.75) is 13.5 Å². The standard InChI is InChI=1S/C12H11ClN4S/c1-8-2-4-10(18-8)6-14-12-15-11-5-3-9(13)7-17(11)16-12/h2-5,7H,6H2,1H3,(H,14,16). The van der Waals surface area contributed by atoms with Crippen LogP contribution in [-0.2, 0) is 6.54 Å². The highest BCUT2D eigenvalue weighted by Crippen LogP contribution is 2.16. The van der Waals surface area contributed by atoms with E-state index in [1.807, 2.05) is 6.07 Å². The van der Waals surface area contributed by atoms with Crippen molar-refractivity contribution in [2.75, 3.05) is 5.32 Å². The van der Waals surface area contributed by atoms with Crippen LogP contribution in [0.15, 0.2) is 30.5 Å². The number of hydrogen-bond donors (Lipinski definition) is 1. The molecule has 0 bridgehead atoms. The molecule has 3 aromatic rings. The maximum Gasteiger partial charge on any atom is 0.243 e. The number of hydrogen-bond acceptors (Lipinski definition) is 4. The quantitative estimate of drug-likeness (QED) is 0.799. The van der Waals surface area contributed by atoms with Crippen LogP contribution in [0.5, 0.6) is 0 Å². The molecule has 0 unspecified atom stereocenters. The second-order valence-corrected chi connectivity index (χ2v) is 5.76. The fraction of sp³-hybridized carbons (Fsp3) is 0.167. The molecule has 4 nitrogen and oxygen atoms in total. The predicted octanol–water partition coefficient (Wildman–Crippen LogP) is 3.36. The van der Waals surface area contributed by atoms with Gasteiger partial charge >= 0.3 is 0 Å². The monoisotopic (exact) mass is 278 g/mol. The fourth-order valence-corrected chi connectivity index (χ4v) is 2.66. The number of fused-ring (bicyclic) bond motifs is 1. The van der Waals surface area contributed by atoms with Crippen LogP contribution in [0.25, 0.3) is 5.65 Å². The van der Waals surface area contributed by atoms with E-state index in [9.17, 15) is 0 Å². The molecule has 0 radical (unpaired) electrons. The Morgan fingerprint density at radius 2 is 2.22 bits per heavy atom. The highest BCUT2D eigenvalue weighted by molar-refractivity contribution is 7.11. The molecule has 0 aliphatic rings. The molecule has 3 rings (SSSR count). The number of thiophene rings is 1. The van der Waals surface area contributed by atoms with Gasteiger partial charge in [0.25, 0.3) is 0 Å². The molecule has 92 valence electrons. The topological polar surface area (TPSA) is 42.2 Å². The number of aryl methyl sites for hydroxylation is 1. The van der Waals surface area contributed by atoms with E-state index >= 15 is 0 Å². The summed E-state index contributed by atoms with van der Waals surface area (Å²) in [5, 5.41) is 8.16. The van der Waals surface area contributed by atoms with Gasteiger partial charge in [-0.15, -0.1) is 16.4 Å². The molecule has 1 N–H and O–H groups in total. The summed E-state index contributed by atoms with van der Waals surface area (Å²) >= 11 is 7.67. The summed E-state index contributed by atoms with van der Waals surface area (Å²) in [6, 6.07) is 7.87. The van der Waals surface area contributed by atoms with E-state index in [1.165, 1.54) is 9.75 Å². The number of aromatic nitrogens is 3. The Morgan fingerprint density at radius 1 is 1.33 bits per heavy atom. The van der Waals surface area contributed by atoms with Crippen molar-refractivity contribution in [2.24, 2.45) is 0 Å². The number of halogens is 1. The summed E-state index contributed by atoms with van der Waals surface area (Å²) in [5.74, 6) is 0.614. The summed E-state index contributed by atoms with van der Waals surface area (Å²) in [4.78, 5) is 6.94. The van der Waals surface area contributed by atoms with Crippen LogP contribution in [0, 0.1) is 6.92 Å². The van der Waals surface area contributed by atoms with Crippen molar-refractivity contribution in [3.63, 3.8) is 0 Å². The fourth-order valence-electron chi connectivity index (χ4n) is 1.68. The predicted molar refractivity (Wildman–Crippen MR) is 74.4 cm³/mol. The van der Waals surface area contributed by atoms with Crippen LogP contribution in [0.1, 0.15) is 9.75 Å². The zero-order valence-electron chi connectivity index (χ0n) is 9.72. The lowest BCUT2D eigenvalue weighted by Gasteiger charge is -1.97. The number of anilines is 1. The van der Waals surface area contributed by atoms with Gasteiger partial charge in [-0.25, -0.2) is 4.52 Å². The lowest BCUT2D eigenvalue weighted by molar-refractivity contribution is 0.952. The van der Waals surface area contributed by atoms with Gasteiger partial charge in [-0.1, -0.05) is 11.6 Å². The zero-order valence-corrected chi connectivity index (χ0v) is 11.3. The third kappa shape index (κ3) is 2.32. The minimum Gasteiger partial charge on any atom is -0.348 e. The highest BCUT2D eigenvalue weighted by Gasteiger charge is 2.04. The first-order chi connectivity index (χ1) is 8.70. The molecular formula is C12H11ClN4S. The van der Waals surface area contributed by atoms with E-state index in [0.29, 0.717) is 11.0 Å². The largest absolute Gasteiger partial charge is 0.348 e. The van der Waals surface area contributed by atoms with E-state index in [4.69, 9.17) is 11.6 Å². The number of pyridine rings is 1. The summed E-state index contributed by atoms with van der Waals surface area (Å²) in [6.07, 6.45) is 1.74. The van der Waals surface area contributed by atoms with Gasteiger partial charge in [0.05, 0.1) is 11.6 Å². The van der Waals surface area contributed by atoms with E-state index in [1.54, 1.807) is 28.1 Å². The van der Waals surface area contributed by atoms with Gasteiger partial charge in [-0.3, -0.25) is 0 Å². The van der Waals surface area contributed by atoms with Gasteiger partial charge in [-0.05, 0) is 31.2 Å². The van der Waals surface area contributed by atoms with Crippen molar-refractivity contribution in [1.82, 2.24) is 14.6 Å². The zero-order chi connectivity index (χ0) is 12.5. The molecule has 0 spiro atoms. The Bertz CT molecular complexity index is 688. The van der Waals surface area contributed by atoms with Crippen LogP contribution in [0.4, 0.5) is 5.95 Å². The van der Waals surface area contributed by atoms with Gasteiger partial charge < -0.3 is 5.32 Å². The average molecular weight is 279 g/mol. The molecule has 0 aliphatic heterocycles. The Morgan fingerprint density at radius 3 is 3.00 bits per heavy atom. The number of nitrogens with zero attached hydrogens (tertiary/aromatic N) is 3. The van der Waals surface area contributed by atoms with Gasteiger partial charge in [0.15, 0.2) is 5.65 Å². The molecule has 0 aliphatic carbocycles. The first kappa shape index (κ1) is 11.5. The molecule has 0 fully saturated rings. The molecule has 6 heteroatoms. The van der Waals surface area contributed by atoms with E-state index in [2.05, 4.69) is 34.5 Å². The highest BCUT2D eigenvalue weighted by atomic mass is 35.5. The Hall–Kier alpha value is -1.59. The van der Waals surface area contributed by atoms with Crippen molar-refractivity contribution in [3.05, 3.63) is 45.2 Å². The van der Waals surface area contributed by atoms with Crippen LogP contribution >= 0.6 is 22.9 Å². The Balaban J connectivity index is 1.78. The lowest BCUT2D eigenvalue weighted by atomic mass is 10.4. The minimum atomic E-state index is 0.614. The van der Waals surface area contributed by atoms with E-state index in [-0.39, 0.29) is 0 Å². The van der Waals surface area contributed by atoms with Gasteiger partial charge in [0.1, 0.15) is 0 Å². The molecule has 3 heterocycles. The number of rotatable bonds is 3. The normalized spacial score (nSPS) is 11.0. The first-order valence-corrected chi connectivity index (χ1v) is 6.71. The number of nitrogens with one attached hydrogen (secondary N) is 1. The first-order valence-electron chi connectivity index (χ1n) is 5.52. The molecule has 3 aromatic heterocycles. The van der Waals surface area contributed by atoms with Crippen molar-refractivity contribution < 1.29 is 0 Å². The molecule has 0 amide bonds. The minimum absolute atomic E-state index is 0.614. The van der Waals surface area contributed by atoms with Crippen LogP contribution < -0.4 is 5.32 Å². The van der Waals surface area contributed by atoms with Gasteiger partial charge in [0, 0.05) is 16.0 Å². The van der Waals surface area contributed by atoms with Crippen LogP contribution in [0.2, 0.25) is 5.02 Å². The van der Waals surface area contributed by atoms with Crippen molar-refractivity contribution >= 4 is 34.5 Å². The second kappa shape index (κ2) is 4.59. The van der Waals surface area contributed by atoms with Gasteiger partial charge in [0.2, 0.25) is 5.95 Å². The van der Waals surface area contributed by atoms with Crippen LogP contribution in [0.3, 0.4) is 0 Å². The maximum absolute atomic E-state index is 5.90. The van der Waals surface area contributed by atoms with Crippen LogP contribution in [-0.4, -0.2) is 14.6 Å². The van der Waals surface area contributed by atoms with Crippen molar-refractivity contribution in [3.8, 4) is 0 Å². The molecular weight excluding hydrogens is 268 g/mol. The SMILES string of the molecule is Cc1ccc(CNc2nc3ccc(Cl)cn3n2)s1. The third-order valence-corrected chi connectivity index (χ3v) is 3.74. The van der Waals surface area contributed by atoms with E-state index in [0.717, 1.165) is 12.2 Å². The Kier molecular flexibility index (Phi) is 2.93. The molecule has 0 saturated carbocycles. The van der Waals surface area contributed by atoms with E-state index < -0.39 is 0 Å².